The van der Waals surface area contributed by atoms with Gasteiger partial charge in [0.2, 0.25) is 21.8 Å². The fourth-order valence-corrected chi connectivity index (χ4v) is 5.93. The van der Waals surface area contributed by atoms with Crippen molar-refractivity contribution >= 4 is 27.5 Å². The van der Waals surface area contributed by atoms with Gasteiger partial charge in [0.15, 0.2) is 0 Å². The van der Waals surface area contributed by atoms with Gasteiger partial charge >= 0.3 is 0 Å². The molecule has 1 N–H and O–H groups in total. The maximum atomic E-state index is 13.5. The molecule has 0 radical (unpaired) electrons. The van der Waals surface area contributed by atoms with Gasteiger partial charge in [-0.3, -0.25) is 13.9 Å². The smallest absolute Gasteiger partial charge is 0.242 e. The average Bonchev–Trinajstić information content (AvgIpc) is 2.91. The Morgan fingerprint density at radius 3 is 2.36 bits per heavy atom. The lowest BCUT2D eigenvalue weighted by Gasteiger charge is -2.31. The largest absolute Gasteiger partial charge is 0.492 e. The third-order valence-corrected chi connectivity index (χ3v) is 8.36. The first-order valence-corrected chi connectivity index (χ1v) is 15.8. The van der Waals surface area contributed by atoms with E-state index in [4.69, 9.17) is 4.74 Å². The zero-order valence-electron chi connectivity index (χ0n) is 23.7. The van der Waals surface area contributed by atoms with Crippen LogP contribution in [0.15, 0.2) is 48.5 Å². The maximum Gasteiger partial charge on any atom is 0.242 e. The molecule has 1 saturated carbocycles. The molecule has 39 heavy (non-hydrogen) atoms. The number of amides is 2. The van der Waals surface area contributed by atoms with Crippen LogP contribution in [0.3, 0.4) is 0 Å². The Bertz CT molecular complexity index is 1190. The Labute approximate surface area is 233 Å². The molecule has 2 aromatic carbocycles. The van der Waals surface area contributed by atoms with Crippen LogP contribution in [-0.2, 0) is 26.2 Å². The molecular formula is C30H43N3O5S. The standard InChI is InChI=1S/C30H43N3O5S/c1-5-38-28-15-10-9-14-27(28)33(39(4,36)37)21-11-16-29(34)32(22-25-19-17-23(2)18-20-25)24(3)30(35)31-26-12-7-6-8-13-26/h9-10,14-15,17-20,24,26H,5-8,11-13,16,21-22H2,1-4H3,(H,31,35)/t24-/m1/s1. The third-order valence-electron chi connectivity index (χ3n) is 7.18. The van der Waals surface area contributed by atoms with E-state index >= 15 is 0 Å². The summed E-state index contributed by atoms with van der Waals surface area (Å²) in [6.45, 7) is 6.45. The van der Waals surface area contributed by atoms with Gasteiger partial charge in [0.25, 0.3) is 0 Å². The Balaban J connectivity index is 1.73. The summed E-state index contributed by atoms with van der Waals surface area (Å²) in [5, 5.41) is 3.15. The van der Waals surface area contributed by atoms with Gasteiger partial charge in [-0.15, -0.1) is 0 Å². The van der Waals surface area contributed by atoms with Gasteiger partial charge in [-0.25, -0.2) is 8.42 Å². The molecular weight excluding hydrogens is 514 g/mol. The molecule has 2 amide bonds. The zero-order chi connectivity index (χ0) is 28.4. The molecule has 9 heteroatoms. The number of carbonyl (C=O) groups is 2. The van der Waals surface area contributed by atoms with E-state index in [1.165, 1.54) is 10.7 Å². The average molecular weight is 558 g/mol. The molecule has 3 rings (SSSR count). The highest BCUT2D eigenvalue weighted by molar-refractivity contribution is 7.92. The monoisotopic (exact) mass is 557 g/mol. The van der Waals surface area contributed by atoms with Crippen molar-refractivity contribution in [2.45, 2.75) is 84.3 Å². The van der Waals surface area contributed by atoms with E-state index in [2.05, 4.69) is 5.32 Å². The SMILES string of the molecule is CCOc1ccccc1N(CCCC(=O)N(Cc1ccc(C)cc1)[C@H](C)C(=O)NC1CCCCC1)S(C)(=O)=O. The second-order valence-corrected chi connectivity index (χ2v) is 12.3. The van der Waals surface area contributed by atoms with E-state index < -0.39 is 16.1 Å². The summed E-state index contributed by atoms with van der Waals surface area (Å²) in [4.78, 5) is 28.3. The summed E-state index contributed by atoms with van der Waals surface area (Å²) >= 11 is 0. The first kappa shape index (κ1) is 30.5. The van der Waals surface area contributed by atoms with Crippen molar-refractivity contribution in [2.24, 2.45) is 0 Å². The zero-order valence-corrected chi connectivity index (χ0v) is 24.5. The second kappa shape index (κ2) is 14.4. The lowest BCUT2D eigenvalue weighted by molar-refractivity contribution is -0.141. The van der Waals surface area contributed by atoms with E-state index in [9.17, 15) is 18.0 Å². The molecule has 1 atom stereocenters. The van der Waals surface area contributed by atoms with Gasteiger partial charge in [0.1, 0.15) is 11.8 Å². The number of nitrogens with one attached hydrogen (secondary N) is 1. The third kappa shape index (κ3) is 8.98. The number of nitrogens with zero attached hydrogens (tertiary/aromatic N) is 2. The van der Waals surface area contributed by atoms with Crippen LogP contribution in [0.25, 0.3) is 0 Å². The van der Waals surface area contributed by atoms with Crippen molar-refractivity contribution in [1.29, 1.82) is 0 Å². The van der Waals surface area contributed by atoms with Gasteiger partial charge < -0.3 is 15.0 Å². The quantitative estimate of drug-likeness (QED) is 0.382. The summed E-state index contributed by atoms with van der Waals surface area (Å²) in [5.74, 6) is 0.143. The topological polar surface area (TPSA) is 96.0 Å². The van der Waals surface area contributed by atoms with Crippen molar-refractivity contribution in [1.82, 2.24) is 10.2 Å². The molecule has 214 valence electrons. The van der Waals surface area contributed by atoms with Crippen molar-refractivity contribution < 1.29 is 22.7 Å². The summed E-state index contributed by atoms with van der Waals surface area (Å²) in [5.41, 5.74) is 2.51. The van der Waals surface area contributed by atoms with E-state index in [-0.39, 0.29) is 30.8 Å². The molecule has 1 fully saturated rings. The van der Waals surface area contributed by atoms with E-state index in [0.29, 0.717) is 31.0 Å². The Kier molecular flexibility index (Phi) is 11.2. The number of carbonyl (C=O) groups excluding carboxylic acids is 2. The van der Waals surface area contributed by atoms with E-state index in [0.717, 1.165) is 43.1 Å². The number of hydrogen-bond donors (Lipinski definition) is 1. The minimum Gasteiger partial charge on any atom is -0.492 e. The van der Waals surface area contributed by atoms with Crippen LogP contribution in [-0.4, -0.2) is 56.6 Å². The summed E-state index contributed by atoms with van der Waals surface area (Å²) in [7, 11) is -3.61. The molecule has 2 aromatic rings. The minimum atomic E-state index is -3.61. The molecule has 0 unspecified atom stereocenters. The first-order chi connectivity index (χ1) is 18.6. The number of rotatable bonds is 13. The molecule has 0 bridgehead atoms. The van der Waals surface area contributed by atoms with Crippen LogP contribution in [0.5, 0.6) is 5.75 Å². The first-order valence-electron chi connectivity index (χ1n) is 13.9. The number of para-hydroxylation sites is 2. The van der Waals surface area contributed by atoms with Crippen LogP contribution >= 0.6 is 0 Å². The highest BCUT2D eigenvalue weighted by Crippen LogP contribution is 2.30. The molecule has 1 aliphatic carbocycles. The second-order valence-electron chi connectivity index (χ2n) is 10.4. The maximum absolute atomic E-state index is 13.5. The highest BCUT2D eigenvalue weighted by Gasteiger charge is 2.28. The Morgan fingerprint density at radius 1 is 1.05 bits per heavy atom. The van der Waals surface area contributed by atoms with Crippen LogP contribution in [0.2, 0.25) is 0 Å². The molecule has 0 heterocycles. The van der Waals surface area contributed by atoms with Crippen LogP contribution in [0.4, 0.5) is 5.69 Å². The fraction of sp³-hybridized carbons (Fsp3) is 0.533. The molecule has 0 saturated heterocycles. The number of aryl methyl sites for hydroxylation is 1. The van der Waals surface area contributed by atoms with Gasteiger partial charge in [-0.2, -0.15) is 0 Å². The van der Waals surface area contributed by atoms with Crippen LogP contribution < -0.4 is 14.4 Å². The number of ether oxygens (including phenoxy) is 1. The molecule has 0 aromatic heterocycles. The fourth-order valence-electron chi connectivity index (χ4n) is 4.96. The Morgan fingerprint density at radius 2 is 1.72 bits per heavy atom. The molecule has 0 spiro atoms. The van der Waals surface area contributed by atoms with Crippen molar-refractivity contribution in [3.8, 4) is 5.75 Å². The van der Waals surface area contributed by atoms with Crippen molar-refractivity contribution in [3.05, 3.63) is 59.7 Å². The van der Waals surface area contributed by atoms with Crippen molar-refractivity contribution in [3.63, 3.8) is 0 Å². The predicted molar refractivity (Wildman–Crippen MR) is 155 cm³/mol. The number of sulfonamides is 1. The van der Waals surface area contributed by atoms with Gasteiger partial charge in [-0.05, 0) is 57.7 Å². The van der Waals surface area contributed by atoms with E-state index in [1.807, 2.05) is 38.1 Å². The predicted octanol–water partition coefficient (Wildman–Crippen LogP) is 4.81. The van der Waals surface area contributed by atoms with Gasteiger partial charge in [0.05, 0.1) is 18.6 Å². The number of hydrogen-bond acceptors (Lipinski definition) is 5. The summed E-state index contributed by atoms with van der Waals surface area (Å²) in [6, 6.07) is 14.4. The van der Waals surface area contributed by atoms with Crippen LogP contribution in [0.1, 0.15) is 69.9 Å². The number of benzene rings is 2. The van der Waals surface area contributed by atoms with Crippen molar-refractivity contribution in [2.75, 3.05) is 23.7 Å². The lowest BCUT2D eigenvalue weighted by atomic mass is 9.95. The minimum absolute atomic E-state index is 0.107. The normalized spacial score (nSPS) is 14.9. The molecule has 1 aliphatic rings. The number of anilines is 1. The van der Waals surface area contributed by atoms with Gasteiger partial charge in [-0.1, -0.05) is 61.2 Å². The van der Waals surface area contributed by atoms with Crippen LogP contribution in [0, 0.1) is 6.92 Å². The molecule has 8 nitrogen and oxygen atoms in total. The molecule has 0 aliphatic heterocycles. The van der Waals surface area contributed by atoms with Gasteiger partial charge in [0, 0.05) is 25.6 Å². The highest BCUT2D eigenvalue weighted by atomic mass is 32.2. The summed E-state index contributed by atoms with van der Waals surface area (Å²) < 4.78 is 32.3. The summed E-state index contributed by atoms with van der Waals surface area (Å²) in [6.07, 6.45) is 6.90. The lowest BCUT2D eigenvalue weighted by Crippen LogP contribution is -2.50. The Hall–Kier alpha value is -3.07. The van der Waals surface area contributed by atoms with E-state index in [1.54, 1.807) is 36.1 Å².